The zero-order valence-corrected chi connectivity index (χ0v) is 26.0. The number of ether oxygens (including phenoxy) is 1. The first-order valence-corrected chi connectivity index (χ1v) is 15.7. The molecule has 0 atom stereocenters. The summed E-state index contributed by atoms with van der Waals surface area (Å²) in [4.78, 5) is 29.4. The average molecular weight is 660 g/mol. The van der Waals surface area contributed by atoms with Crippen LogP contribution in [0.1, 0.15) is 49.2 Å². The molecule has 1 aliphatic rings. The summed E-state index contributed by atoms with van der Waals surface area (Å²) < 4.78 is 118. The first kappa shape index (κ1) is 39.6. The number of carbonyl (C=O) groups is 3. The second-order valence-corrected chi connectivity index (χ2v) is 13.8. The topological polar surface area (TPSA) is 132 Å². The highest BCUT2D eigenvalue weighted by molar-refractivity contribution is 7.92. The minimum absolute atomic E-state index is 0.0582. The second kappa shape index (κ2) is 15.4. The molecule has 0 spiro atoms. The van der Waals surface area contributed by atoms with E-state index in [-0.39, 0.29) is 24.2 Å². The molecule has 16 heteroatoms. The molecule has 0 bridgehead atoms. The maximum Gasteiger partial charge on any atom is 0.416 e. The lowest BCUT2D eigenvalue weighted by molar-refractivity contribution is -0.137. The summed E-state index contributed by atoms with van der Waals surface area (Å²) in [6.45, 7) is 8.58. The predicted octanol–water partition coefficient (Wildman–Crippen LogP) is 5.00. The van der Waals surface area contributed by atoms with Gasteiger partial charge in [-0.05, 0) is 56.7 Å². The highest BCUT2D eigenvalue weighted by Crippen LogP contribution is 2.40. The van der Waals surface area contributed by atoms with Crippen LogP contribution in [0.2, 0.25) is 0 Å². The highest BCUT2D eigenvalue weighted by atomic mass is 32.2. The van der Waals surface area contributed by atoms with E-state index in [1.807, 2.05) is 27.4 Å². The molecule has 0 radical (unpaired) electrons. The van der Waals surface area contributed by atoms with Gasteiger partial charge in [-0.3, -0.25) is 4.79 Å². The van der Waals surface area contributed by atoms with E-state index in [2.05, 4.69) is 4.74 Å². The molecule has 1 heterocycles. The fourth-order valence-electron chi connectivity index (χ4n) is 4.07. The van der Waals surface area contributed by atoms with E-state index in [0.717, 1.165) is 36.6 Å². The number of hydrogen-bond donors (Lipinski definition) is 0. The van der Waals surface area contributed by atoms with Crippen molar-refractivity contribution in [2.75, 3.05) is 19.3 Å². The van der Waals surface area contributed by atoms with Gasteiger partial charge in [-0.2, -0.15) is 22.0 Å². The van der Waals surface area contributed by atoms with Gasteiger partial charge in [-0.25, -0.2) is 16.8 Å². The second-order valence-electron chi connectivity index (χ2n) is 9.30. The van der Waals surface area contributed by atoms with Crippen LogP contribution in [0.4, 0.5) is 22.0 Å². The number of halogens is 5. The summed E-state index contributed by atoms with van der Waals surface area (Å²) >= 11 is 0. The van der Waals surface area contributed by atoms with Gasteiger partial charge in [0.15, 0.2) is 19.7 Å². The molecule has 0 N–H and O–H groups in total. The number of hydrogen-bond acceptors (Lipinski definition) is 8. The van der Waals surface area contributed by atoms with Crippen molar-refractivity contribution in [1.82, 2.24) is 4.90 Å². The fourth-order valence-corrected chi connectivity index (χ4v) is 6.75. The fraction of sp³-hybridized carbons (Fsp3) is 0.444. The molecule has 0 aromatic heterocycles. The lowest BCUT2D eigenvalue weighted by Gasteiger charge is -2.47. The third-order valence-corrected chi connectivity index (χ3v) is 10.1. The zero-order chi connectivity index (χ0) is 34.1. The van der Waals surface area contributed by atoms with Crippen molar-refractivity contribution in [2.45, 2.75) is 61.9 Å². The van der Waals surface area contributed by atoms with Gasteiger partial charge in [0, 0.05) is 25.3 Å². The van der Waals surface area contributed by atoms with Gasteiger partial charge >= 0.3 is 12.8 Å². The van der Waals surface area contributed by atoms with Gasteiger partial charge in [0.1, 0.15) is 19.3 Å². The summed E-state index contributed by atoms with van der Waals surface area (Å²) in [5.41, 5.74) is -1.32. The molecular weight excluding hydrogens is 625 g/mol. The van der Waals surface area contributed by atoms with Crippen LogP contribution >= 0.6 is 0 Å². The molecule has 1 amide bonds. The first-order chi connectivity index (χ1) is 19.8. The highest BCUT2D eigenvalue weighted by Gasteiger charge is 2.50. The van der Waals surface area contributed by atoms with Gasteiger partial charge < -0.3 is 19.2 Å². The van der Waals surface area contributed by atoms with Crippen LogP contribution in [0.15, 0.2) is 46.2 Å². The van der Waals surface area contributed by atoms with Crippen molar-refractivity contribution in [1.29, 1.82) is 0 Å². The smallest absolute Gasteiger partial charge is 0.416 e. The summed E-state index contributed by atoms with van der Waals surface area (Å²) in [6.07, 6.45) is -3.94. The third kappa shape index (κ3) is 9.05. The molecule has 242 valence electrons. The maximum atomic E-state index is 13.3. The number of likely N-dealkylation sites (tertiary alicyclic amines) is 1. The molecule has 1 aliphatic heterocycles. The van der Waals surface area contributed by atoms with E-state index in [0.29, 0.717) is 6.07 Å². The predicted molar refractivity (Wildman–Crippen MR) is 149 cm³/mol. The molecule has 2 aromatic rings. The summed E-state index contributed by atoms with van der Waals surface area (Å²) in [7, 11) is -8.33. The molecular formula is C27H34F5NO8S2. The monoisotopic (exact) mass is 659 g/mol. The van der Waals surface area contributed by atoms with Crippen LogP contribution in [-0.4, -0.2) is 71.9 Å². The SMILES string of the molecule is C=O.C=O.CC.Cc1cc(OC(F)F)cc(S(C)(=O)=O)c1C(=O)N1CC(C(C)(C)S(=O)(=O)c2cccc(C(F)(F)F)c2)C1. The van der Waals surface area contributed by atoms with Crippen molar-refractivity contribution in [3.05, 3.63) is 53.1 Å². The summed E-state index contributed by atoms with van der Waals surface area (Å²) in [5, 5.41) is 0. The number of nitrogens with zero attached hydrogens (tertiary/aromatic N) is 1. The first-order valence-electron chi connectivity index (χ1n) is 12.3. The maximum absolute atomic E-state index is 13.3. The van der Waals surface area contributed by atoms with E-state index in [9.17, 15) is 43.6 Å². The lowest BCUT2D eigenvalue weighted by Crippen LogP contribution is -2.60. The van der Waals surface area contributed by atoms with E-state index in [4.69, 9.17) is 9.59 Å². The van der Waals surface area contributed by atoms with E-state index in [1.165, 1.54) is 25.7 Å². The van der Waals surface area contributed by atoms with Gasteiger partial charge in [0.2, 0.25) is 0 Å². The molecule has 1 fully saturated rings. The van der Waals surface area contributed by atoms with Crippen LogP contribution in [-0.2, 0) is 35.4 Å². The number of rotatable bonds is 7. The Labute approximate surface area is 247 Å². The van der Waals surface area contributed by atoms with Crippen LogP contribution in [0.25, 0.3) is 0 Å². The molecule has 1 saturated heterocycles. The minimum Gasteiger partial charge on any atom is -0.435 e. The third-order valence-electron chi connectivity index (χ3n) is 6.43. The lowest BCUT2D eigenvalue weighted by atomic mass is 9.86. The standard InChI is InChI=1S/C23H24F5NO6S2.C2H6.2CH2O/c1-13-8-16(35-21(24)25)10-18(36(4,31)32)19(13)20(30)29-11-15(12-29)22(2,3)37(33,34)17-7-5-6-14(9-17)23(26,27)28;3*1-2/h5-10,15,21H,11-12H2,1-4H3;1-2H3;2*1H2. The molecule has 0 unspecified atom stereocenters. The molecule has 43 heavy (non-hydrogen) atoms. The van der Waals surface area contributed by atoms with E-state index >= 15 is 0 Å². The van der Waals surface area contributed by atoms with E-state index < -0.39 is 70.1 Å². The van der Waals surface area contributed by atoms with Crippen LogP contribution < -0.4 is 4.74 Å². The molecule has 0 aliphatic carbocycles. The Bertz CT molecular complexity index is 1470. The van der Waals surface area contributed by atoms with Crippen LogP contribution in [0.5, 0.6) is 5.75 Å². The van der Waals surface area contributed by atoms with Crippen molar-refractivity contribution in [2.24, 2.45) is 5.92 Å². The molecule has 2 aromatic carbocycles. The zero-order valence-electron chi connectivity index (χ0n) is 24.4. The number of alkyl halides is 5. The number of benzene rings is 2. The Morgan fingerprint density at radius 2 is 1.49 bits per heavy atom. The van der Waals surface area contributed by atoms with Crippen molar-refractivity contribution >= 4 is 39.2 Å². The normalized spacial score (nSPS) is 13.7. The van der Waals surface area contributed by atoms with Crippen molar-refractivity contribution in [3.63, 3.8) is 0 Å². The van der Waals surface area contributed by atoms with Gasteiger partial charge in [-0.1, -0.05) is 19.9 Å². The van der Waals surface area contributed by atoms with Gasteiger partial charge in [0.25, 0.3) is 5.91 Å². The molecule has 0 saturated carbocycles. The Kier molecular flexibility index (Phi) is 14.1. The van der Waals surface area contributed by atoms with Crippen LogP contribution in [0.3, 0.4) is 0 Å². The Morgan fingerprint density at radius 3 is 1.93 bits per heavy atom. The summed E-state index contributed by atoms with van der Waals surface area (Å²) in [6, 6.07) is 5.30. The van der Waals surface area contributed by atoms with Gasteiger partial charge in [0.05, 0.1) is 25.7 Å². The van der Waals surface area contributed by atoms with E-state index in [1.54, 1.807) is 0 Å². The summed E-state index contributed by atoms with van der Waals surface area (Å²) in [5.74, 6) is -1.89. The number of amides is 1. The van der Waals surface area contributed by atoms with Crippen LogP contribution in [0, 0.1) is 12.8 Å². The Morgan fingerprint density at radius 1 is 0.977 bits per heavy atom. The quantitative estimate of drug-likeness (QED) is 0.380. The molecule has 9 nitrogen and oxygen atoms in total. The average Bonchev–Trinajstić information content (AvgIpc) is 2.89. The number of aryl methyl sites for hydroxylation is 1. The van der Waals surface area contributed by atoms with Gasteiger partial charge in [-0.15, -0.1) is 0 Å². The molecule has 3 rings (SSSR count). The minimum atomic E-state index is -4.74. The largest absolute Gasteiger partial charge is 0.435 e. The van der Waals surface area contributed by atoms with Crippen molar-refractivity contribution in [3.8, 4) is 5.75 Å². The Balaban J connectivity index is 0.00000276. The number of carbonyl (C=O) groups excluding carboxylic acids is 3. The Hall–Kier alpha value is -3.40. The van der Waals surface area contributed by atoms with Crippen molar-refractivity contribution < 1.29 is 57.9 Å². The number of sulfone groups is 2.